The van der Waals surface area contributed by atoms with Gasteiger partial charge in [0.25, 0.3) is 5.91 Å². The van der Waals surface area contributed by atoms with Crippen LogP contribution in [0.15, 0.2) is 36.4 Å². The molecule has 0 fully saturated rings. The number of amides is 4. The minimum absolute atomic E-state index is 0.0750. The first-order valence-electron chi connectivity index (χ1n) is 9.58. The number of ether oxygens (including phenoxy) is 3. The normalized spacial score (nSPS) is 14.0. The summed E-state index contributed by atoms with van der Waals surface area (Å²) >= 11 is 0. The first kappa shape index (κ1) is 20.2. The number of fused-ring (bicyclic) bond motifs is 2. The van der Waals surface area contributed by atoms with Gasteiger partial charge in [-0.25, -0.2) is 9.59 Å². The number of rotatable bonds is 4. The van der Waals surface area contributed by atoms with Gasteiger partial charge in [0.1, 0.15) is 13.2 Å². The predicted molar refractivity (Wildman–Crippen MR) is 108 cm³/mol. The second-order valence-corrected chi connectivity index (χ2v) is 6.86. The summed E-state index contributed by atoms with van der Waals surface area (Å²) < 4.78 is 15.8. The maximum absolute atomic E-state index is 12.2. The predicted octanol–water partition coefficient (Wildman–Crippen LogP) is 1.85. The molecule has 2 aliphatic heterocycles. The molecular weight excluding hydrogens is 406 g/mol. The average molecular weight is 425 g/mol. The van der Waals surface area contributed by atoms with Crippen molar-refractivity contribution in [3.8, 4) is 11.5 Å². The molecule has 0 aromatic heterocycles. The van der Waals surface area contributed by atoms with Gasteiger partial charge in [0.2, 0.25) is 5.91 Å². The first-order chi connectivity index (χ1) is 15.0. The summed E-state index contributed by atoms with van der Waals surface area (Å²) in [5.41, 5.74) is 2.13. The summed E-state index contributed by atoms with van der Waals surface area (Å²) in [6.45, 7) is 0.238. The molecule has 2 aromatic rings. The lowest BCUT2D eigenvalue weighted by molar-refractivity contribution is -0.123. The monoisotopic (exact) mass is 425 g/mol. The van der Waals surface area contributed by atoms with Crippen LogP contribution in [0.5, 0.6) is 11.5 Å². The summed E-state index contributed by atoms with van der Waals surface area (Å²) in [6, 6.07) is 8.79. The van der Waals surface area contributed by atoms with Crippen molar-refractivity contribution < 1.29 is 33.4 Å². The molecule has 0 bridgehead atoms. The Labute approximate surface area is 176 Å². The third kappa shape index (κ3) is 4.92. The molecule has 0 unspecified atom stereocenters. The largest absolute Gasteiger partial charge is 0.486 e. The van der Waals surface area contributed by atoms with E-state index in [0.717, 1.165) is 5.56 Å². The lowest BCUT2D eigenvalue weighted by atomic mass is 10.0. The van der Waals surface area contributed by atoms with E-state index in [1.165, 1.54) is 6.07 Å². The van der Waals surface area contributed by atoms with Crippen molar-refractivity contribution in [1.82, 2.24) is 5.32 Å². The Morgan fingerprint density at radius 2 is 1.81 bits per heavy atom. The number of benzene rings is 2. The Hall–Kier alpha value is -4.08. The van der Waals surface area contributed by atoms with Crippen LogP contribution in [0.1, 0.15) is 22.3 Å². The molecule has 10 nitrogen and oxygen atoms in total. The lowest BCUT2D eigenvalue weighted by Crippen LogP contribution is -2.37. The van der Waals surface area contributed by atoms with Crippen molar-refractivity contribution in [3.05, 3.63) is 47.5 Å². The van der Waals surface area contributed by atoms with Gasteiger partial charge in [-0.3, -0.25) is 14.9 Å². The van der Waals surface area contributed by atoms with Crippen molar-refractivity contribution >= 4 is 35.2 Å². The van der Waals surface area contributed by atoms with Gasteiger partial charge in [0, 0.05) is 23.9 Å². The number of anilines is 2. The van der Waals surface area contributed by atoms with Crippen LogP contribution < -0.4 is 25.4 Å². The standard InChI is InChI=1S/C21H19N3O7/c25-18-6-2-12-9-13(1-4-15(12)23-18)20(27)31-11-19(26)24-21(28)22-14-3-5-16-17(10-14)30-8-7-29-16/h1,3-5,9-10H,2,6-8,11H2,(H,23,25)(H2,22,24,26,28). The van der Waals surface area contributed by atoms with Crippen LogP contribution in [0.4, 0.5) is 16.2 Å². The van der Waals surface area contributed by atoms with Crippen LogP contribution >= 0.6 is 0 Å². The molecular formula is C21H19N3O7. The quantitative estimate of drug-likeness (QED) is 0.637. The van der Waals surface area contributed by atoms with Gasteiger partial charge >= 0.3 is 12.0 Å². The Morgan fingerprint density at radius 1 is 1.00 bits per heavy atom. The molecule has 0 aliphatic carbocycles. The fourth-order valence-corrected chi connectivity index (χ4v) is 3.17. The van der Waals surface area contributed by atoms with Crippen molar-refractivity contribution in [2.45, 2.75) is 12.8 Å². The van der Waals surface area contributed by atoms with E-state index >= 15 is 0 Å². The van der Waals surface area contributed by atoms with Gasteiger partial charge in [-0.15, -0.1) is 0 Å². The zero-order valence-corrected chi connectivity index (χ0v) is 16.4. The molecule has 4 rings (SSSR count). The highest BCUT2D eigenvalue weighted by Gasteiger charge is 2.19. The van der Waals surface area contributed by atoms with Crippen LogP contribution in [0, 0.1) is 0 Å². The highest BCUT2D eigenvalue weighted by atomic mass is 16.6. The molecule has 0 spiro atoms. The molecule has 0 radical (unpaired) electrons. The molecule has 0 atom stereocenters. The summed E-state index contributed by atoms with van der Waals surface area (Å²) in [5, 5.41) is 7.30. The van der Waals surface area contributed by atoms with Crippen molar-refractivity contribution in [1.29, 1.82) is 0 Å². The van der Waals surface area contributed by atoms with Gasteiger partial charge in [-0.05, 0) is 42.3 Å². The molecule has 31 heavy (non-hydrogen) atoms. The van der Waals surface area contributed by atoms with Crippen LogP contribution in [0.25, 0.3) is 0 Å². The molecule has 0 saturated carbocycles. The molecule has 3 N–H and O–H groups in total. The number of imide groups is 1. The summed E-state index contributed by atoms with van der Waals surface area (Å²) in [4.78, 5) is 47.5. The van der Waals surface area contributed by atoms with Crippen molar-refractivity contribution in [3.63, 3.8) is 0 Å². The second-order valence-electron chi connectivity index (χ2n) is 6.86. The second kappa shape index (κ2) is 8.74. The van der Waals surface area contributed by atoms with Gasteiger partial charge < -0.3 is 24.8 Å². The number of carbonyl (C=O) groups is 4. The van der Waals surface area contributed by atoms with Crippen molar-refractivity contribution in [2.75, 3.05) is 30.5 Å². The Morgan fingerprint density at radius 3 is 2.65 bits per heavy atom. The maximum Gasteiger partial charge on any atom is 0.338 e. The van der Waals surface area contributed by atoms with Crippen LogP contribution in [0.3, 0.4) is 0 Å². The number of esters is 1. The van der Waals surface area contributed by atoms with E-state index < -0.39 is 24.5 Å². The topological polar surface area (TPSA) is 132 Å². The molecule has 160 valence electrons. The number of hydrogen-bond acceptors (Lipinski definition) is 7. The SMILES string of the molecule is O=C(COC(=O)c1ccc2c(c1)CCC(=O)N2)NC(=O)Nc1ccc2c(c1)OCCO2. The van der Waals surface area contributed by atoms with Crippen molar-refractivity contribution in [2.24, 2.45) is 0 Å². The Balaban J connectivity index is 1.26. The Bertz CT molecular complexity index is 1070. The zero-order valence-electron chi connectivity index (χ0n) is 16.4. The van der Waals surface area contributed by atoms with E-state index in [4.69, 9.17) is 14.2 Å². The molecule has 2 heterocycles. The number of nitrogens with one attached hydrogen (secondary N) is 3. The third-order valence-electron chi connectivity index (χ3n) is 4.62. The number of aryl methyl sites for hydroxylation is 1. The van der Waals surface area contributed by atoms with E-state index in [1.54, 1.807) is 30.3 Å². The average Bonchev–Trinajstić information content (AvgIpc) is 2.77. The summed E-state index contributed by atoms with van der Waals surface area (Å²) in [5.74, 6) is -0.497. The van der Waals surface area contributed by atoms with Gasteiger partial charge in [-0.2, -0.15) is 0 Å². The zero-order chi connectivity index (χ0) is 21.8. The molecule has 2 aromatic carbocycles. The van der Waals surface area contributed by atoms with Crippen LogP contribution in [0.2, 0.25) is 0 Å². The van der Waals surface area contributed by atoms with E-state index in [2.05, 4.69) is 16.0 Å². The Kier molecular flexibility index (Phi) is 5.69. The fourth-order valence-electron chi connectivity index (χ4n) is 3.17. The minimum Gasteiger partial charge on any atom is -0.486 e. The van der Waals surface area contributed by atoms with E-state index in [1.807, 2.05) is 0 Å². The minimum atomic E-state index is -0.784. The highest BCUT2D eigenvalue weighted by Crippen LogP contribution is 2.32. The van der Waals surface area contributed by atoms with E-state index in [0.29, 0.717) is 48.9 Å². The van der Waals surface area contributed by atoms with Gasteiger partial charge in [0.15, 0.2) is 18.1 Å². The third-order valence-corrected chi connectivity index (χ3v) is 4.62. The molecule has 2 aliphatic rings. The molecule has 4 amide bonds. The van der Waals surface area contributed by atoms with E-state index in [-0.39, 0.29) is 11.5 Å². The summed E-state index contributed by atoms with van der Waals surface area (Å²) in [7, 11) is 0. The smallest absolute Gasteiger partial charge is 0.338 e. The number of carbonyl (C=O) groups excluding carboxylic acids is 4. The molecule has 0 saturated heterocycles. The fraction of sp³-hybridized carbons (Fsp3) is 0.238. The van der Waals surface area contributed by atoms with Crippen LogP contribution in [-0.4, -0.2) is 43.6 Å². The van der Waals surface area contributed by atoms with Gasteiger partial charge in [-0.1, -0.05) is 0 Å². The van der Waals surface area contributed by atoms with Crippen LogP contribution in [-0.2, 0) is 20.7 Å². The number of hydrogen-bond donors (Lipinski definition) is 3. The number of urea groups is 1. The first-order valence-corrected chi connectivity index (χ1v) is 9.58. The highest BCUT2D eigenvalue weighted by molar-refractivity contribution is 6.02. The lowest BCUT2D eigenvalue weighted by Gasteiger charge is -2.19. The molecule has 10 heteroatoms. The summed E-state index contributed by atoms with van der Waals surface area (Å²) in [6.07, 6.45) is 0.856. The maximum atomic E-state index is 12.2. The van der Waals surface area contributed by atoms with E-state index in [9.17, 15) is 19.2 Å². The van der Waals surface area contributed by atoms with Gasteiger partial charge in [0.05, 0.1) is 5.56 Å².